The first-order chi connectivity index (χ1) is 17.3. The van der Waals surface area contributed by atoms with Gasteiger partial charge in [0.2, 0.25) is 0 Å². The zero-order valence-corrected chi connectivity index (χ0v) is 23.0. The van der Waals surface area contributed by atoms with Crippen molar-refractivity contribution in [3.8, 4) is 11.5 Å². The van der Waals surface area contributed by atoms with Crippen molar-refractivity contribution >= 4 is 49.3 Å². The van der Waals surface area contributed by atoms with Crippen LogP contribution in [0.2, 0.25) is 0 Å². The van der Waals surface area contributed by atoms with Crippen LogP contribution in [-0.2, 0) is 10.1 Å². The molecule has 0 heterocycles. The van der Waals surface area contributed by atoms with Crippen molar-refractivity contribution in [2.75, 3.05) is 12.3 Å². The van der Waals surface area contributed by atoms with Crippen LogP contribution in [0.5, 0.6) is 11.5 Å². The van der Waals surface area contributed by atoms with Crippen LogP contribution in [0.15, 0.2) is 98.1 Å². The Bertz CT molecular complexity index is 1580. The molecule has 0 spiro atoms. The van der Waals surface area contributed by atoms with Gasteiger partial charge in [0.05, 0.1) is 22.9 Å². The fourth-order valence-electron chi connectivity index (χ4n) is 3.34. The van der Waals surface area contributed by atoms with Crippen LogP contribution in [0.4, 0.5) is 28.4 Å². The quantitative estimate of drug-likeness (QED) is 0.154. The molecule has 0 saturated carbocycles. The molecule has 10 nitrogen and oxygen atoms in total. The molecule has 0 aliphatic heterocycles. The molecule has 0 aromatic heterocycles. The van der Waals surface area contributed by atoms with E-state index in [0.29, 0.717) is 34.8 Å². The van der Waals surface area contributed by atoms with E-state index in [-0.39, 0.29) is 40.6 Å². The Morgan fingerprint density at radius 1 is 0.919 bits per heavy atom. The summed E-state index contributed by atoms with van der Waals surface area (Å²) in [7, 11) is -4.98. The molecular weight excluding hydrogens is 505 g/mol. The Balaban J connectivity index is 0.00000380. The van der Waals surface area contributed by atoms with Crippen molar-refractivity contribution in [1.82, 2.24) is 0 Å². The number of nitrogen functional groups attached to an aromatic ring is 1. The number of phenolic OH excluding ortho intramolecular Hbond substituents is 1. The largest absolute Gasteiger partial charge is 1.00 e. The predicted octanol–water partition coefficient (Wildman–Crippen LogP) is 3.66. The van der Waals surface area contributed by atoms with Gasteiger partial charge in [0.25, 0.3) is 0 Å². The van der Waals surface area contributed by atoms with Crippen LogP contribution in [0.25, 0.3) is 10.8 Å². The number of anilines is 1. The summed E-state index contributed by atoms with van der Waals surface area (Å²) in [6, 6.07) is 19.6. The number of hydrogen-bond acceptors (Lipinski definition) is 10. The Kier molecular flexibility index (Phi) is 9.35. The zero-order valence-electron chi connectivity index (χ0n) is 20.2. The molecule has 12 heteroatoms. The first-order valence-corrected chi connectivity index (χ1v) is 12.3. The monoisotopic (exact) mass is 527 g/mol. The van der Waals surface area contributed by atoms with Crippen LogP contribution in [0.3, 0.4) is 0 Å². The second-order valence-corrected chi connectivity index (χ2v) is 9.09. The maximum atomic E-state index is 11.9. The molecule has 0 amide bonds. The fraction of sp³-hybridized carbons (Fsp3) is 0.120. The van der Waals surface area contributed by atoms with Crippen LogP contribution in [0, 0.1) is 0 Å². The summed E-state index contributed by atoms with van der Waals surface area (Å²) in [4.78, 5) is -0.703. The number of phenols is 1. The number of rotatable bonds is 8. The van der Waals surface area contributed by atoms with Crippen molar-refractivity contribution in [3.63, 3.8) is 0 Å². The van der Waals surface area contributed by atoms with Gasteiger partial charge in [-0.05, 0) is 54.3 Å². The Hall–Kier alpha value is -3.35. The van der Waals surface area contributed by atoms with Crippen LogP contribution in [-0.4, -0.2) is 24.7 Å². The number of fused-ring (bicyclic) bond motifs is 1. The minimum Gasteiger partial charge on any atom is -0.744 e. The van der Waals surface area contributed by atoms with E-state index >= 15 is 0 Å². The first-order valence-electron chi connectivity index (χ1n) is 10.9. The molecule has 0 bridgehead atoms. The molecule has 0 fully saturated rings. The number of ether oxygens (including phenoxy) is 1. The topological polar surface area (TPSA) is 162 Å². The molecule has 0 unspecified atom stereocenters. The van der Waals surface area contributed by atoms with E-state index in [0.717, 1.165) is 12.5 Å². The summed E-state index contributed by atoms with van der Waals surface area (Å²) < 4.78 is 41.6. The van der Waals surface area contributed by atoms with Crippen LogP contribution >= 0.6 is 0 Å². The number of benzene rings is 4. The number of nitrogens with two attached hydrogens (primary N) is 1. The maximum absolute atomic E-state index is 11.9. The molecule has 4 aromatic carbocycles. The molecule has 0 aliphatic rings. The van der Waals surface area contributed by atoms with Gasteiger partial charge in [-0.15, -0.1) is 10.2 Å². The molecule has 4 aromatic rings. The molecule has 0 radical (unpaired) electrons. The van der Waals surface area contributed by atoms with Gasteiger partial charge >= 0.3 is 29.6 Å². The van der Waals surface area contributed by atoms with Crippen molar-refractivity contribution in [3.05, 3.63) is 72.8 Å². The normalized spacial score (nSPS) is 11.7. The van der Waals surface area contributed by atoms with E-state index in [4.69, 9.17) is 10.5 Å². The van der Waals surface area contributed by atoms with Crippen molar-refractivity contribution in [1.29, 1.82) is 0 Å². The molecule has 37 heavy (non-hydrogen) atoms. The van der Waals surface area contributed by atoms with Gasteiger partial charge < -0.3 is 20.1 Å². The first kappa shape index (κ1) is 28.2. The molecule has 3 N–H and O–H groups in total. The smallest absolute Gasteiger partial charge is 0.744 e. The van der Waals surface area contributed by atoms with Gasteiger partial charge in [-0.3, -0.25) is 0 Å². The van der Waals surface area contributed by atoms with E-state index in [9.17, 15) is 18.1 Å². The zero-order chi connectivity index (χ0) is 25.7. The van der Waals surface area contributed by atoms with Gasteiger partial charge in [0, 0.05) is 17.1 Å². The Morgan fingerprint density at radius 2 is 1.65 bits per heavy atom. The fourth-order valence-corrected chi connectivity index (χ4v) is 3.98. The van der Waals surface area contributed by atoms with Crippen LogP contribution < -0.4 is 40.0 Å². The second-order valence-electron chi connectivity index (χ2n) is 7.74. The number of aromatic hydroxyl groups is 1. The SMILES string of the molecule is CCCOc1cc(N=Nc2ccccc2)ccc1N=Nc1c(S(=O)(=O)[O-])cc2ccc(N)cc2c1O.[Na+]. The van der Waals surface area contributed by atoms with E-state index in [1.807, 2.05) is 37.3 Å². The average Bonchev–Trinajstić information content (AvgIpc) is 2.86. The molecule has 0 atom stereocenters. The van der Waals surface area contributed by atoms with E-state index in [1.165, 1.54) is 18.2 Å². The minimum absolute atomic E-state index is 0. The summed E-state index contributed by atoms with van der Waals surface area (Å²) in [5.74, 6) is -0.205. The van der Waals surface area contributed by atoms with Crippen LogP contribution in [0.1, 0.15) is 13.3 Å². The van der Waals surface area contributed by atoms with Crippen molar-refractivity contribution in [2.24, 2.45) is 20.5 Å². The Morgan fingerprint density at radius 3 is 2.35 bits per heavy atom. The number of hydrogen-bond donors (Lipinski definition) is 2. The summed E-state index contributed by atoms with van der Waals surface area (Å²) in [6.07, 6.45) is 0.720. The minimum atomic E-state index is -4.98. The summed E-state index contributed by atoms with van der Waals surface area (Å²) in [5.41, 5.74) is 7.06. The third kappa shape index (κ3) is 6.90. The summed E-state index contributed by atoms with van der Waals surface area (Å²) >= 11 is 0. The Labute approximate surface area is 236 Å². The van der Waals surface area contributed by atoms with Gasteiger partial charge in [-0.25, -0.2) is 8.42 Å². The standard InChI is InChI=1S/C25H23N5O5S.Na/c1-2-12-35-22-15-19(28-27-18-6-4-3-5-7-18)10-11-21(22)29-30-24-23(36(32,33)34)13-16-8-9-17(26)14-20(16)25(24)31;/h3-11,13-15,31H,2,12,26H2,1H3,(H,32,33,34);/q;+1/p-1. The van der Waals surface area contributed by atoms with Gasteiger partial charge in [0.1, 0.15) is 27.2 Å². The summed E-state index contributed by atoms with van der Waals surface area (Å²) in [5, 5.41) is 27.7. The third-order valence-corrected chi connectivity index (χ3v) is 5.90. The molecule has 4 rings (SSSR count). The number of nitrogens with zero attached hydrogens (tertiary/aromatic N) is 4. The van der Waals surface area contributed by atoms with E-state index in [1.54, 1.807) is 18.2 Å². The van der Waals surface area contributed by atoms with Gasteiger partial charge in [-0.2, -0.15) is 10.2 Å². The van der Waals surface area contributed by atoms with Gasteiger partial charge in [-0.1, -0.05) is 31.2 Å². The van der Waals surface area contributed by atoms with Crippen molar-refractivity contribution < 1.29 is 52.4 Å². The average molecular weight is 528 g/mol. The molecular formula is C25H22N5NaO5S. The van der Waals surface area contributed by atoms with Gasteiger partial charge in [0.15, 0.2) is 5.75 Å². The third-order valence-electron chi connectivity index (χ3n) is 5.05. The maximum Gasteiger partial charge on any atom is 1.00 e. The molecule has 0 aliphatic carbocycles. The summed E-state index contributed by atoms with van der Waals surface area (Å²) in [6.45, 7) is 2.31. The van der Waals surface area contributed by atoms with E-state index < -0.39 is 26.5 Å². The molecule has 0 saturated heterocycles. The predicted molar refractivity (Wildman–Crippen MR) is 135 cm³/mol. The second kappa shape index (κ2) is 12.3. The van der Waals surface area contributed by atoms with Crippen molar-refractivity contribution in [2.45, 2.75) is 18.2 Å². The molecule has 184 valence electrons. The van der Waals surface area contributed by atoms with E-state index in [2.05, 4.69) is 20.5 Å². The number of azo groups is 2.